The number of ether oxygens (including phenoxy) is 2. The number of aromatic nitrogens is 4. The first-order valence-corrected chi connectivity index (χ1v) is 9.78. The number of rotatable bonds is 5. The molecule has 0 saturated carbocycles. The van der Waals surface area contributed by atoms with Crippen LogP contribution in [-0.4, -0.2) is 57.1 Å². The number of hydrogen-bond donors (Lipinski definition) is 2. The van der Waals surface area contributed by atoms with Gasteiger partial charge in [0.25, 0.3) is 0 Å². The molecule has 1 fully saturated rings. The minimum Gasteiger partial charge on any atom is -0.378 e. The van der Waals surface area contributed by atoms with Crippen molar-refractivity contribution in [1.29, 1.82) is 0 Å². The molecule has 1 aliphatic rings. The van der Waals surface area contributed by atoms with Crippen LogP contribution in [0.4, 0.5) is 11.8 Å². The van der Waals surface area contributed by atoms with Crippen LogP contribution in [0.2, 0.25) is 0 Å². The monoisotopic (exact) mass is 402 g/mol. The Balaban J connectivity index is 1.77. The van der Waals surface area contributed by atoms with E-state index in [1.54, 1.807) is 37.6 Å². The number of fused-ring (bicyclic) bond motifs is 1. The molecule has 9 nitrogen and oxygen atoms in total. The van der Waals surface area contributed by atoms with Crippen LogP contribution in [0.5, 0.6) is 0 Å². The molecule has 0 bridgehead atoms. The predicted octanol–water partition coefficient (Wildman–Crippen LogP) is 1.81. The van der Waals surface area contributed by atoms with Gasteiger partial charge in [-0.05, 0) is 19.9 Å². The molecule has 0 atom stereocenters. The zero-order chi connectivity index (χ0) is 19.7. The highest BCUT2D eigenvalue weighted by atomic mass is 32.1. The highest BCUT2D eigenvalue weighted by Crippen LogP contribution is 2.35. The van der Waals surface area contributed by atoms with Gasteiger partial charge in [-0.25, -0.2) is 19.9 Å². The van der Waals surface area contributed by atoms with Gasteiger partial charge < -0.3 is 25.2 Å². The number of nitrogens with zero attached hydrogens (tertiary/aromatic N) is 5. The van der Waals surface area contributed by atoms with E-state index in [0.29, 0.717) is 31.2 Å². The third-order valence-electron chi connectivity index (χ3n) is 4.21. The largest absolute Gasteiger partial charge is 0.378 e. The van der Waals surface area contributed by atoms with Gasteiger partial charge in [-0.15, -0.1) is 11.3 Å². The van der Waals surface area contributed by atoms with E-state index < -0.39 is 5.79 Å². The Labute approximate surface area is 166 Å². The first-order chi connectivity index (χ1) is 13.4. The smallest absolute Gasteiger partial charge is 0.219 e. The summed E-state index contributed by atoms with van der Waals surface area (Å²) in [4.78, 5) is 20.8. The van der Waals surface area contributed by atoms with Gasteiger partial charge in [-0.2, -0.15) is 0 Å². The molecule has 4 heterocycles. The Bertz CT molecular complexity index is 964. The molecule has 3 N–H and O–H groups in total. The highest BCUT2D eigenvalue weighted by Gasteiger charge is 2.21. The van der Waals surface area contributed by atoms with Crippen molar-refractivity contribution in [3.63, 3.8) is 0 Å². The van der Waals surface area contributed by atoms with Gasteiger partial charge >= 0.3 is 0 Å². The fourth-order valence-corrected chi connectivity index (χ4v) is 3.88. The Morgan fingerprint density at radius 1 is 1.25 bits per heavy atom. The number of thiophene rings is 1. The zero-order valence-corrected chi connectivity index (χ0v) is 16.6. The minimum atomic E-state index is -1.19. The first kappa shape index (κ1) is 18.9. The van der Waals surface area contributed by atoms with E-state index in [1.165, 1.54) is 0 Å². The van der Waals surface area contributed by atoms with Crippen LogP contribution >= 0.6 is 11.3 Å². The van der Waals surface area contributed by atoms with E-state index >= 15 is 0 Å². The summed E-state index contributed by atoms with van der Waals surface area (Å²) in [6.45, 7) is 6.36. The van der Waals surface area contributed by atoms with Gasteiger partial charge in [0.05, 0.1) is 35.6 Å². The van der Waals surface area contributed by atoms with Gasteiger partial charge in [0.2, 0.25) is 5.95 Å². The molecule has 3 aromatic heterocycles. The second-order valence-electron chi connectivity index (χ2n) is 6.96. The highest BCUT2D eigenvalue weighted by molar-refractivity contribution is 7.19. The lowest BCUT2D eigenvalue weighted by Gasteiger charge is -2.28. The van der Waals surface area contributed by atoms with Crippen molar-refractivity contribution in [2.45, 2.75) is 26.2 Å². The number of aliphatic hydroxyl groups is 1. The van der Waals surface area contributed by atoms with Crippen molar-refractivity contribution in [1.82, 2.24) is 19.9 Å². The second-order valence-corrected chi connectivity index (χ2v) is 8.10. The summed E-state index contributed by atoms with van der Waals surface area (Å²) in [7, 11) is 0. The maximum atomic E-state index is 9.84. The zero-order valence-electron chi connectivity index (χ0n) is 15.8. The van der Waals surface area contributed by atoms with E-state index in [1.807, 2.05) is 6.07 Å². The van der Waals surface area contributed by atoms with E-state index in [2.05, 4.69) is 14.9 Å². The Morgan fingerprint density at radius 2 is 1.96 bits per heavy atom. The number of nitrogens with two attached hydrogens (primary N) is 1. The lowest BCUT2D eigenvalue weighted by Crippen LogP contribution is -2.36. The minimum absolute atomic E-state index is 0.208. The molecular weight excluding hydrogens is 380 g/mol. The molecule has 0 unspecified atom stereocenters. The van der Waals surface area contributed by atoms with Crippen molar-refractivity contribution >= 4 is 33.3 Å². The van der Waals surface area contributed by atoms with Gasteiger partial charge in [-0.3, -0.25) is 0 Å². The maximum absolute atomic E-state index is 9.84. The maximum Gasteiger partial charge on any atom is 0.219 e. The predicted molar refractivity (Wildman–Crippen MR) is 107 cm³/mol. The standard InChI is InChI=1S/C18H22N6O3S/c1-18(2,25)27-10-12-7-13-14(28-12)16(24-3-5-26-6-4-24)23-15(22-13)11-8-20-17(19)21-9-11/h7-9,25H,3-6,10H2,1-2H3,(H2,19,20,21). The fourth-order valence-electron chi connectivity index (χ4n) is 2.86. The van der Waals surface area contributed by atoms with Crippen molar-refractivity contribution in [3.05, 3.63) is 23.3 Å². The quantitative estimate of drug-likeness (QED) is 0.616. The molecular formula is C18H22N6O3S. The lowest BCUT2D eigenvalue weighted by molar-refractivity contribution is -0.183. The van der Waals surface area contributed by atoms with Crippen LogP contribution in [0.3, 0.4) is 0 Å². The van der Waals surface area contributed by atoms with Crippen molar-refractivity contribution in [3.8, 4) is 11.4 Å². The van der Waals surface area contributed by atoms with E-state index in [0.717, 1.165) is 34.0 Å². The molecule has 4 rings (SSSR count). The molecule has 28 heavy (non-hydrogen) atoms. The summed E-state index contributed by atoms with van der Waals surface area (Å²) in [5.74, 6) is 0.419. The fraction of sp³-hybridized carbons (Fsp3) is 0.444. The van der Waals surface area contributed by atoms with Gasteiger partial charge in [0, 0.05) is 30.4 Å². The van der Waals surface area contributed by atoms with E-state index in [4.69, 9.17) is 25.2 Å². The average molecular weight is 402 g/mol. The summed E-state index contributed by atoms with van der Waals surface area (Å²) in [6.07, 6.45) is 3.24. The lowest BCUT2D eigenvalue weighted by atomic mass is 10.3. The SMILES string of the molecule is CC(C)(O)OCc1cc2nc(-c3cnc(N)nc3)nc(N3CCOCC3)c2s1. The van der Waals surface area contributed by atoms with Crippen LogP contribution in [0.15, 0.2) is 18.5 Å². The average Bonchev–Trinajstić information content (AvgIpc) is 3.09. The van der Waals surface area contributed by atoms with Crippen LogP contribution in [-0.2, 0) is 16.1 Å². The van der Waals surface area contributed by atoms with Gasteiger partial charge in [0.15, 0.2) is 17.4 Å². The number of anilines is 2. The molecule has 10 heteroatoms. The Kier molecular flexibility index (Phi) is 5.11. The number of nitrogen functional groups attached to an aromatic ring is 1. The summed E-state index contributed by atoms with van der Waals surface area (Å²) < 4.78 is 12.0. The summed E-state index contributed by atoms with van der Waals surface area (Å²) in [5, 5.41) is 9.84. The Hall–Kier alpha value is -2.40. The normalized spacial score (nSPS) is 15.3. The van der Waals surface area contributed by atoms with Crippen LogP contribution in [0, 0.1) is 0 Å². The molecule has 1 saturated heterocycles. The van der Waals surface area contributed by atoms with E-state index in [-0.39, 0.29) is 5.95 Å². The van der Waals surface area contributed by atoms with Crippen molar-refractivity contribution in [2.75, 3.05) is 36.9 Å². The molecule has 0 aliphatic carbocycles. The summed E-state index contributed by atoms with van der Waals surface area (Å²) >= 11 is 1.57. The van der Waals surface area contributed by atoms with Crippen molar-refractivity contribution in [2.24, 2.45) is 0 Å². The molecule has 0 radical (unpaired) electrons. The second kappa shape index (κ2) is 7.55. The molecule has 3 aromatic rings. The van der Waals surface area contributed by atoms with Gasteiger partial charge in [-0.1, -0.05) is 0 Å². The number of hydrogen-bond acceptors (Lipinski definition) is 10. The first-order valence-electron chi connectivity index (χ1n) is 8.96. The molecule has 0 spiro atoms. The summed E-state index contributed by atoms with van der Waals surface area (Å²) in [6, 6.07) is 1.97. The number of morpholine rings is 1. The molecule has 1 aliphatic heterocycles. The van der Waals surface area contributed by atoms with Crippen LogP contribution < -0.4 is 10.6 Å². The van der Waals surface area contributed by atoms with E-state index in [9.17, 15) is 5.11 Å². The van der Waals surface area contributed by atoms with Crippen molar-refractivity contribution < 1.29 is 14.6 Å². The van der Waals surface area contributed by atoms with Gasteiger partial charge in [0.1, 0.15) is 0 Å². The third kappa shape index (κ3) is 4.20. The third-order valence-corrected chi connectivity index (χ3v) is 5.31. The topological polar surface area (TPSA) is 120 Å². The van der Waals surface area contributed by atoms with Crippen LogP contribution in [0.25, 0.3) is 21.6 Å². The Morgan fingerprint density at radius 3 is 2.64 bits per heavy atom. The molecule has 0 aromatic carbocycles. The van der Waals surface area contributed by atoms with Crippen LogP contribution in [0.1, 0.15) is 18.7 Å². The molecule has 0 amide bonds. The summed E-state index contributed by atoms with van der Waals surface area (Å²) in [5.41, 5.74) is 7.12. The molecule has 148 valence electrons.